The Bertz CT molecular complexity index is 1210. The number of rotatable bonds is 6. The molecule has 0 saturated carbocycles. The maximum absolute atomic E-state index is 12.6. The van der Waals surface area contributed by atoms with Crippen LogP contribution in [-0.2, 0) is 5.75 Å². The van der Waals surface area contributed by atoms with Crippen molar-refractivity contribution in [3.05, 3.63) is 74.5 Å². The van der Waals surface area contributed by atoms with Crippen molar-refractivity contribution in [1.29, 1.82) is 0 Å². The second-order valence-electron chi connectivity index (χ2n) is 5.93. The van der Waals surface area contributed by atoms with E-state index in [9.17, 15) is 4.79 Å². The highest BCUT2D eigenvalue weighted by atomic mass is 32.2. The van der Waals surface area contributed by atoms with Crippen LogP contribution in [-0.4, -0.2) is 21.1 Å². The van der Waals surface area contributed by atoms with Gasteiger partial charge in [0, 0.05) is 11.4 Å². The highest BCUT2D eigenvalue weighted by molar-refractivity contribution is 7.98. The van der Waals surface area contributed by atoms with E-state index >= 15 is 0 Å². The van der Waals surface area contributed by atoms with Crippen molar-refractivity contribution >= 4 is 45.7 Å². The topological polar surface area (TPSA) is 59.9 Å². The van der Waals surface area contributed by atoms with Crippen LogP contribution >= 0.6 is 35.3 Å². The summed E-state index contributed by atoms with van der Waals surface area (Å²) in [7, 11) is 0. The molecule has 4 aromatic rings. The molecule has 0 aliphatic carbocycles. The maximum Gasteiger partial charge on any atom is 0.271 e. The lowest BCUT2D eigenvalue weighted by Gasteiger charge is -2.07. The maximum atomic E-state index is 12.6. The Kier molecular flexibility index (Phi) is 5.61. The summed E-state index contributed by atoms with van der Waals surface area (Å²) in [6, 6.07) is 17.7. The standard InChI is InChI=1S/C20H17N3O2S3/c1-2-25-15-10-8-14(9-11-15)23-17-16(28-20(23)26)18(24)22-19(21-17)27-12-13-6-4-3-5-7-13/h3-11H,2,12H2,1H3,(H,21,22,24). The van der Waals surface area contributed by atoms with Gasteiger partial charge in [0.2, 0.25) is 0 Å². The molecule has 8 heteroatoms. The fraction of sp³-hybridized carbons (Fsp3) is 0.150. The lowest BCUT2D eigenvalue weighted by atomic mass is 10.2. The molecule has 1 N–H and O–H groups in total. The average Bonchev–Trinajstić information content (AvgIpc) is 3.05. The zero-order chi connectivity index (χ0) is 19.5. The number of H-pyrrole nitrogens is 1. The summed E-state index contributed by atoms with van der Waals surface area (Å²) in [5.41, 5.74) is 2.44. The van der Waals surface area contributed by atoms with Gasteiger partial charge >= 0.3 is 0 Å². The van der Waals surface area contributed by atoms with Gasteiger partial charge in [0.1, 0.15) is 10.4 Å². The van der Waals surface area contributed by atoms with Gasteiger partial charge in [0.15, 0.2) is 14.8 Å². The number of ether oxygens (including phenoxy) is 1. The van der Waals surface area contributed by atoms with Crippen LogP contribution in [0.3, 0.4) is 0 Å². The molecule has 0 aliphatic rings. The molecular weight excluding hydrogens is 410 g/mol. The van der Waals surface area contributed by atoms with Crippen molar-refractivity contribution in [1.82, 2.24) is 14.5 Å². The Balaban J connectivity index is 1.72. The Hall–Kier alpha value is -2.42. The van der Waals surface area contributed by atoms with E-state index in [4.69, 9.17) is 17.0 Å². The number of aromatic nitrogens is 3. The van der Waals surface area contributed by atoms with Crippen LogP contribution in [0.4, 0.5) is 0 Å². The van der Waals surface area contributed by atoms with Crippen LogP contribution in [0.2, 0.25) is 0 Å². The summed E-state index contributed by atoms with van der Waals surface area (Å²) < 4.78 is 8.46. The average molecular weight is 428 g/mol. The molecule has 0 radical (unpaired) electrons. The van der Waals surface area contributed by atoms with Gasteiger partial charge in [-0.2, -0.15) is 0 Å². The van der Waals surface area contributed by atoms with Crippen molar-refractivity contribution in [3.63, 3.8) is 0 Å². The second kappa shape index (κ2) is 8.30. The number of hydrogen-bond acceptors (Lipinski definition) is 6. The molecule has 2 heterocycles. The number of nitrogens with one attached hydrogen (secondary N) is 1. The molecule has 0 atom stereocenters. The number of fused-ring (bicyclic) bond motifs is 1. The number of hydrogen-bond donors (Lipinski definition) is 1. The van der Waals surface area contributed by atoms with Crippen molar-refractivity contribution < 1.29 is 4.74 Å². The summed E-state index contributed by atoms with van der Waals surface area (Å²) in [6.07, 6.45) is 0. The van der Waals surface area contributed by atoms with Gasteiger partial charge in [-0.3, -0.25) is 9.36 Å². The highest BCUT2D eigenvalue weighted by Crippen LogP contribution is 2.26. The lowest BCUT2D eigenvalue weighted by molar-refractivity contribution is 0.340. The summed E-state index contributed by atoms with van der Waals surface area (Å²) >= 11 is 8.28. The van der Waals surface area contributed by atoms with Gasteiger partial charge in [-0.1, -0.05) is 53.4 Å². The first kappa shape index (κ1) is 18.9. The third kappa shape index (κ3) is 3.89. The first-order chi connectivity index (χ1) is 13.7. The molecular formula is C20H17N3O2S3. The second-order valence-corrected chi connectivity index (χ2v) is 8.54. The van der Waals surface area contributed by atoms with Crippen molar-refractivity contribution in [3.8, 4) is 11.4 Å². The fourth-order valence-corrected chi connectivity index (χ4v) is 4.86. The van der Waals surface area contributed by atoms with Crippen LogP contribution in [0.15, 0.2) is 64.5 Å². The van der Waals surface area contributed by atoms with E-state index < -0.39 is 0 Å². The van der Waals surface area contributed by atoms with E-state index in [0.29, 0.717) is 26.1 Å². The number of benzene rings is 2. The smallest absolute Gasteiger partial charge is 0.271 e. The predicted molar refractivity (Wildman–Crippen MR) is 118 cm³/mol. The van der Waals surface area contributed by atoms with Gasteiger partial charge in [0.25, 0.3) is 5.56 Å². The van der Waals surface area contributed by atoms with Crippen LogP contribution in [0.25, 0.3) is 16.0 Å². The van der Waals surface area contributed by atoms with Crippen LogP contribution in [0, 0.1) is 3.95 Å². The minimum atomic E-state index is -0.165. The third-order valence-corrected chi connectivity index (χ3v) is 6.35. The SMILES string of the molecule is CCOc1ccc(-n2c(=S)sc3c(=O)[nH]c(SCc4ccccc4)nc32)cc1. The largest absolute Gasteiger partial charge is 0.494 e. The predicted octanol–water partition coefficient (Wildman–Crippen LogP) is 5.20. The Morgan fingerprint density at radius 1 is 1.18 bits per heavy atom. The van der Waals surface area contributed by atoms with E-state index in [1.807, 2.05) is 54.0 Å². The van der Waals surface area contributed by atoms with Gasteiger partial charge in [-0.05, 0) is 49.0 Å². The molecule has 0 fully saturated rings. The third-order valence-electron chi connectivity index (χ3n) is 4.05. The number of thioether (sulfide) groups is 1. The van der Waals surface area contributed by atoms with E-state index in [-0.39, 0.29) is 5.56 Å². The minimum absolute atomic E-state index is 0.165. The summed E-state index contributed by atoms with van der Waals surface area (Å²) in [5, 5.41) is 0.578. The summed E-state index contributed by atoms with van der Waals surface area (Å²) in [5.74, 6) is 1.52. The Labute approximate surface area is 175 Å². The molecule has 2 aromatic heterocycles. The Morgan fingerprint density at radius 2 is 1.93 bits per heavy atom. The van der Waals surface area contributed by atoms with E-state index in [1.165, 1.54) is 28.7 Å². The fourth-order valence-electron chi connectivity index (χ4n) is 2.77. The lowest BCUT2D eigenvalue weighted by Crippen LogP contribution is -2.09. The van der Waals surface area contributed by atoms with Gasteiger partial charge in [0.05, 0.1) is 6.61 Å². The summed E-state index contributed by atoms with van der Waals surface area (Å²) in [6.45, 7) is 2.56. The first-order valence-corrected chi connectivity index (χ1v) is 10.9. The van der Waals surface area contributed by atoms with E-state index in [1.54, 1.807) is 0 Å². The molecule has 142 valence electrons. The molecule has 0 unspecified atom stereocenters. The number of thiazole rings is 1. The monoisotopic (exact) mass is 427 g/mol. The van der Waals surface area contributed by atoms with Crippen molar-refractivity contribution in [2.75, 3.05) is 6.61 Å². The first-order valence-electron chi connectivity index (χ1n) is 8.71. The van der Waals surface area contributed by atoms with E-state index in [0.717, 1.165) is 17.2 Å². The number of nitrogens with zero attached hydrogens (tertiary/aromatic N) is 2. The minimum Gasteiger partial charge on any atom is -0.494 e. The number of aromatic amines is 1. The molecule has 0 aliphatic heterocycles. The van der Waals surface area contributed by atoms with Crippen molar-refractivity contribution in [2.24, 2.45) is 0 Å². The zero-order valence-corrected chi connectivity index (χ0v) is 17.5. The molecule has 28 heavy (non-hydrogen) atoms. The molecule has 2 aromatic carbocycles. The van der Waals surface area contributed by atoms with E-state index in [2.05, 4.69) is 22.1 Å². The van der Waals surface area contributed by atoms with Gasteiger partial charge in [-0.25, -0.2) is 4.98 Å². The van der Waals surface area contributed by atoms with Crippen LogP contribution in [0.1, 0.15) is 12.5 Å². The van der Waals surface area contributed by atoms with Crippen LogP contribution in [0.5, 0.6) is 5.75 Å². The van der Waals surface area contributed by atoms with Crippen molar-refractivity contribution in [2.45, 2.75) is 17.8 Å². The summed E-state index contributed by atoms with van der Waals surface area (Å²) in [4.78, 5) is 20.1. The molecule has 0 saturated heterocycles. The molecule has 4 rings (SSSR count). The van der Waals surface area contributed by atoms with Gasteiger partial charge < -0.3 is 9.72 Å². The molecule has 0 bridgehead atoms. The zero-order valence-electron chi connectivity index (χ0n) is 15.0. The molecule has 0 amide bonds. The quantitative estimate of drug-likeness (QED) is 0.260. The highest BCUT2D eigenvalue weighted by Gasteiger charge is 2.14. The van der Waals surface area contributed by atoms with Crippen LogP contribution < -0.4 is 10.3 Å². The molecule has 5 nitrogen and oxygen atoms in total. The Morgan fingerprint density at radius 3 is 2.64 bits per heavy atom. The van der Waals surface area contributed by atoms with Gasteiger partial charge in [-0.15, -0.1) is 0 Å². The molecule has 0 spiro atoms. The normalized spacial score (nSPS) is 11.0.